The van der Waals surface area contributed by atoms with E-state index in [-0.39, 0.29) is 35.8 Å². The molecule has 3 aliphatic rings. The van der Waals surface area contributed by atoms with Crippen molar-refractivity contribution in [2.24, 2.45) is 0 Å². The van der Waals surface area contributed by atoms with E-state index in [2.05, 4.69) is 4.90 Å². The third-order valence-electron chi connectivity index (χ3n) is 6.30. The number of nitrogens with zero attached hydrogens (tertiary/aromatic N) is 4. The van der Waals surface area contributed by atoms with Gasteiger partial charge in [0.05, 0.1) is 24.7 Å². The molecule has 0 aromatic heterocycles. The fraction of sp³-hybridized carbons (Fsp3) is 0.619. The second kappa shape index (κ2) is 8.85. The summed E-state index contributed by atoms with van der Waals surface area (Å²) in [4.78, 5) is 30.3. The Bertz CT molecular complexity index is 953. The fourth-order valence-electron chi connectivity index (χ4n) is 4.63. The molecular formula is C21H30N4O5S. The van der Waals surface area contributed by atoms with Crippen molar-refractivity contribution in [2.45, 2.75) is 31.2 Å². The fourth-order valence-corrected chi connectivity index (χ4v) is 6.10. The summed E-state index contributed by atoms with van der Waals surface area (Å²) >= 11 is 0. The minimum atomic E-state index is -3.65. The van der Waals surface area contributed by atoms with E-state index in [0.717, 1.165) is 24.3 Å². The second-order valence-corrected chi connectivity index (χ2v) is 10.3. The Morgan fingerprint density at radius 2 is 1.74 bits per heavy atom. The molecule has 31 heavy (non-hydrogen) atoms. The lowest BCUT2D eigenvalue weighted by Crippen LogP contribution is -2.53. The molecule has 0 saturated carbocycles. The van der Waals surface area contributed by atoms with Crippen LogP contribution < -0.4 is 4.90 Å². The van der Waals surface area contributed by atoms with E-state index in [1.165, 1.54) is 11.2 Å². The van der Waals surface area contributed by atoms with Gasteiger partial charge in [-0.15, -0.1) is 0 Å². The van der Waals surface area contributed by atoms with E-state index in [4.69, 9.17) is 4.74 Å². The van der Waals surface area contributed by atoms with Gasteiger partial charge in [-0.2, -0.15) is 4.31 Å². The van der Waals surface area contributed by atoms with Crippen molar-refractivity contribution in [1.29, 1.82) is 0 Å². The number of hydrogen-bond acceptors (Lipinski definition) is 6. The number of anilines is 1. The molecule has 170 valence electrons. The number of morpholine rings is 1. The Kier molecular flexibility index (Phi) is 6.34. The quantitative estimate of drug-likeness (QED) is 0.649. The molecule has 1 unspecified atom stereocenters. The maximum absolute atomic E-state index is 13.2. The predicted octanol–water partition coefficient (Wildman–Crippen LogP) is 0.149. The maximum Gasteiger partial charge on any atom is 0.243 e. The van der Waals surface area contributed by atoms with E-state index in [1.54, 1.807) is 28.0 Å². The van der Waals surface area contributed by atoms with Crippen LogP contribution in [0.25, 0.3) is 0 Å². The number of benzene rings is 1. The molecule has 3 aliphatic heterocycles. The third kappa shape index (κ3) is 4.48. The third-order valence-corrected chi connectivity index (χ3v) is 8.19. The molecule has 0 N–H and O–H groups in total. The van der Waals surface area contributed by atoms with Crippen LogP contribution in [-0.4, -0.2) is 99.4 Å². The van der Waals surface area contributed by atoms with E-state index in [9.17, 15) is 18.0 Å². The SMILES string of the molecule is CC(=O)N1c2ccc(S(=O)(=O)N3CCN(C(=O)CN4CCOCC4)CC3)cc2CC1C. The molecule has 2 fully saturated rings. The highest BCUT2D eigenvalue weighted by Crippen LogP contribution is 2.34. The van der Waals surface area contributed by atoms with E-state index < -0.39 is 10.0 Å². The zero-order chi connectivity index (χ0) is 22.2. The number of piperazine rings is 1. The van der Waals surface area contributed by atoms with Crippen LogP contribution in [0.3, 0.4) is 0 Å². The smallest absolute Gasteiger partial charge is 0.243 e. The molecule has 4 rings (SSSR count). The van der Waals surface area contributed by atoms with E-state index >= 15 is 0 Å². The molecule has 2 saturated heterocycles. The van der Waals surface area contributed by atoms with Gasteiger partial charge in [0, 0.05) is 57.9 Å². The van der Waals surface area contributed by atoms with E-state index in [0.29, 0.717) is 39.3 Å². The molecule has 0 radical (unpaired) electrons. The molecule has 1 aromatic carbocycles. The van der Waals surface area contributed by atoms with Crippen molar-refractivity contribution in [3.05, 3.63) is 23.8 Å². The number of rotatable bonds is 4. The van der Waals surface area contributed by atoms with Crippen LogP contribution in [-0.2, 0) is 30.8 Å². The first-order chi connectivity index (χ1) is 14.8. The van der Waals surface area contributed by atoms with Crippen LogP contribution in [0.2, 0.25) is 0 Å². The lowest BCUT2D eigenvalue weighted by molar-refractivity contribution is -0.134. The van der Waals surface area contributed by atoms with Gasteiger partial charge in [0.2, 0.25) is 21.8 Å². The molecular weight excluding hydrogens is 420 g/mol. The lowest BCUT2D eigenvalue weighted by Gasteiger charge is -2.35. The highest BCUT2D eigenvalue weighted by atomic mass is 32.2. The number of sulfonamides is 1. The van der Waals surface area contributed by atoms with Crippen LogP contribution >= 0.6 is 0 Å². The van der Waals surface area contributed by atoms with Crippen LogP contribution in [0.1, 0.15) is 19.4 Å². The summed E-state index contributed by atoms with van der Waals surface area (Å²) in [6.45, 7) is 7.96. The van der Waals surface area contributed by atoms with E-state index in [1.807, 2.05) is 6.92 Å². The predicted molar refractivity (Wildman–Crippen MR) is 115 cm³/mol. The summed E-state index contributed by atoms with van der Waals surface area (Å²) in [7, 11) is -3.65. The number of fused-ring (bicyclic) bond motifs is 1. The van der Waals surface area contributed by atoms with Crippen molar-refractivity contribution >= 4 is 27.5 Å². The van der Waals surface area contributed by atoms with Crippen molar-refractivity contribution in [3.8, 4) is 0 Å². The number of carbonyl (C=O) groups excluding carboxylic acids is 2. The normalized spacial score (nSPS) is 23.1. The van der Waals surface area contributed by atoms with Gasteiger partial charge in [-0.1, -0.05) is 0 Å². The molecule has 1 aromatic rings. The number of ether oxygens (including phenoxy) is 1. The molecule has 3 heterocycles. The Morgan fingerprint density at radius 3 is 2.39 bits per heavy atom. The Labute approximate surface area is 183 Å². The van der Waals surface area contributed by atoms with Crippen LogP contribution in [0.5, 0.6) is 0 Å². The largest absolute Gasteiger partial charge is 0.379 e. The first-order valence-electron chi connectivity index (χ1n) is 10.8. The van der Waals surface area contributed by atoms with Crippen molar-refractivity contribution in [3.63, 3.8) is 0 Å². The standard InChI is InChI=1S/C21H30N4O5S/c1-16-13-18-14-19(3-4-20(18)25(16)17(2)26)31(28,29)24-7-5-23(6-8-24)21(27)15-22-9-11-30-12-10-22/h3-4,14,16H,5-13,15H2,1-2H3. The van der Waals surface area contributed by atoms with Crippen molar-refractivity contribution < 1.29 is 22.7 Å². The molecule has 2 amide bonds. The molecule has 0 spiro atoms. The minimum absolute atomic E-state index is 0.0199. The number of hydrogen-bond donors (Lipinski definition) is 0. The summed E-state index contributed by atoms with van der Waals surface area (Å²) in [6, 6.07) is 5.03. The topological polar surface area (TPSA) is 90.5 Å². The number of carbonyl (C=O) groups is 2. The first kappa shape index (κ1) is 22.2. The first-order valence-corrected chi connectivity index (χ1v) is 12.2. The van der Waals surface area contributed by atoms with Gasteiger partial charge in [0.1, 0.15) is 0 Å². The summed E-state index contributed by atoms with van der Waals surface area (Å²) in [5, 5.41) is 0. The molecule has 0 aliphatic carbocycles. The van der Waals surface area contributed by atoms with Gasteiger partial charge >= 0.3 is 0 Å². The molecule has 0 bridgehead atoms. The van der Waals surface area contributed by atoms with Gasteiger partial charge in [-0.05, 0) is 37.1 Å². The Hall–Kier alpha value is -2.01. The molecule has 1 atom stereocenters. The Morgan fingerprint density at radius 1 is 1.06 bits per heavy atom. The maximum atomic E-state index is 13.2. The lowest BCUT2D eigenvalue weighted by atomic mass is 10.1. The van der Waals surface area contributed by atoms with Gasteiger partial charge in [0.15, 0.2) is 0 Å². The summed E-state index contributed by atoms with van der Waals surface area (Å²) in [6.07, 6.45) is 0.641. The van der Waals surface area contributed by atoms with Gasteiger partial charge in [0.25, 0.3) is 0 Å². The zero-order valence-corrected chi connectivity index (χ0v) is 18.9. The van der Waals surface area contributed by atoms with Crippen molar-refractivity contribution in [2.75, 3.05) is 63.9 Å². The van der Waals surface area contributed by atoms with Crippen LogP contribution in [0.4, 0.5) is 5.69 Å². The second-order valence-electron chi connectivity index (χ2n) is 8.41. The van der Waals surface area contributed by atoms with Gasteiger partial charge in [-0.25, -0.2) is 8.42 Å². The van der Waals surface area contributed by atoms with Crippen molar-refractivity contribution in [1.82, 2.24) is 14.1 Å². The molecule has 9 nitrogen and oxygen atoms in total. The van der Waals surface area contributed by atoms with Gasteiger partial charge < -0.3 is 14.5 Å². The Balaban J connectivity index is 1.40. The highest BCUT2D eigenvalue weighted by Gasteiger charge is 2.34. The zero-order valence-electron chi connectivity index (χ0n) is 18.1. The summed E-state index contributed by atoms with van der Waals surface area (Å²) < 4.78 is 33.2. The van der Waals surface area contributed by atoms with Crippen LogP contribution in [0, 0.1) is 0 Å². The number of amides is 2. The summed E-state index contributed by atoms with van der Waals surface area (Å²) in [5.41, 5.74) is 1.67. The van der Waals surface area contributed by atoms with Gasteiger partial charge in [-0.3, -0.25) is 14.5 Å². The summed E-state index contributed by atoms with van der Waals surface area (Å²) in [5.74, 6) is -0.00508. The highest BCUT2D eigenvalue weighted by molar-refractivity contribution is 7.89. The van der Waals surface area contributed by atoms with Crippen LogP contribution in [0.15, 0.2) is 23.1 Å². The average molecular weight is 451 g/mol. The minimum Gasteiger partial charge on any atom is -0.379 e. The molecule has 10 heteroatoms. The monoisotopic (exact) mass is 450 g/mol. The average Bonchev–Trinajstić information content (AvgIpc) is 3.09.